The Kier molecular flexibility index (Phi) is 6.05. The lowest BCUT2D eigenvalue weighted by atomic mass is 10.1. The summed E-state index contributed by atoms with van der Waals surface area (Å²) in [5.41, 5.74) is 1.23. The third-order valence-electron chi connectivity index (χ3n) is 3.54. The van der Waals surface area contributed by atoms with Gasteiger partial charge in [0.05, 0.1) is 6.61 Å². The number of ether oxygens (including phenoxy) is 1. The lowest BCUT2D eigenvalue weighted by Gasteiger charge is -2.25. The van der Waals surface area contributed by atoms with E-state index in [0.29, 0.717) is 12.4 Å². The molecule has 2 rings (SSSR count). The molecule has 3 heteroatoms. The molecule has 1 aliphatic rings. The van der Waals surface area contributed by atoms with Gasteiger partial charge in [0.1, 0.15) is 5.78 Å². The number of unbranched alkanes of at least 4 members (excludes halogenated alkanes) is 1. The van der Waals surface area contributed by atoms with Gasteiger partial charge in [-0.25, -0.2) is 0 Å². The molecule has 0 aliphatic carbocycles. The van der Waals surface area contributed by atoms with E-state index in [0.717, 1.165) is 51.9 Å². The summed E-state index contributed by atoms with van der Waals surface area (Å²) < 4.78 is 5.65. The van der Waals surface area contributed by atoms with Crippen LogP contribution in [0.1, 0.15) is 31.2 Å². The third-order valence-corrected chi connectivity index (χ3v) is 3.54. The van der Waals surface area contributed by atoms with Crippen molar-refractivity contribution in [3.05, 3.63) is 35.9 Å². The fourth-order valence-corrected chi connectivity index (χ4v) is 2.33. The zero-order chi connectivity index (χ0) is 13.3. The Balaban J connectivity index is 1.47. The van der Waals surface area contributed by atoms with Crippen molar-refractivity contribution in [1.29, 1.82) is 0 Å². The van der Waals surface area contributed by atoms with E-state index in [1.807, 2.05) is 18.2 Å². The molecule has 0 radical (unpaired) electrons. The van der Waals surface area contributed by atoms with Gasteiger partial charge in [-0.2, -0.15) is 0 Å². The second-order valence-corrected chi connectivity index (χ2v) is 5.13. The Labute approximate surface area is 115 Å². The summed E-state index contributed by atoms with van der Waals surface area (Å²) in [6.07, 6.45) is 3.73. The van der Waals surface area contributed by atoms with Gasteiger partial charge in [-0.05, 0) is 24.9 Å². The first-order valence-electron chi connectivity index (χ1n) is 7.20. The second-order valence-electron chi connectivity index (χ2n) is 5.13. The first-order chi connectivity index (χ1) is 9.34. The van der Waals surface area contributed by atoms with Gasteiger partial charge in [0.15, 0.2) is 0 Å². The molecule has 1 aliphatic heterocycles. The molecule has 3 nitrogen and oxygen atoms in total. The minimum absolute atomic E-state index is 0.419. The van der Waals surface area contributed by atoms with Crippen molar-refractivity contribution in [2.45, 2.75) is 32.3 Å². The van der Waals surface area contributed by atoms with Crippen molar-refractivity contribution in [2.24, 2.45) is 0 Å². The number of ketones is 1. The number of nitrogens with zero attached hydrogens (tertiary/aromatic N) is 1. The highest BCUT2D eigenvalue weighted by molar-refractivity contribution is 5.79. The minimum atomic E-state index is 0.419. The van der Waals surface area contributed by atoms with Crippen LogP contribution in [0.25, 0.3) is 0 Å². The largest absolute Gasteiger partial charge is 0.377 e. The first-order valence-corrected chi connectivity index (χ1v) is 7.20. The van der Waals surface area contributed by atoms with E-state index in [2.05, 4.69) is 17.0 Å². The van der Waals surface area contributed by atoms with Crippen LogP contribution in [0.4, 0.5) is 0 Å². The van der Waals surface area contributed by atoms with Crippen molar-refractivity contribution in [3.8, 4) is 0 Å². The molecule has 1 aromatic rings. The van der Waals surface area contributed by atoms with Gasteiger partial charge in [-0.3, -0.25) is 4.79 Å². The van der Waals surface area contributed by atoms with E-state index in [1.54, 1.807) is 0 Å². The van der Waals surface area contributed by atoms with Gasteiger partial charge >= 0.3 is 0 Å². The molecule has 0 bridgehead atoms. The van der Waals surface area contributed by atoms with Crippen LogP contribution < -0.4 is 0 Å². The monoisotopic (exact) mass is 261 g/mol. The van der Waals surface area contributed by atoms with Crippen LogP contribution in [0.15, 0.2) is 30.3 Å². The summed E-state index contributed by atoms with van der Waals surface area (Å²) in [6.45, 7) is 4.52. The first kappa shape index (κ1) is 14.2. The number of carbonyl (C=O) groups excluding carboxylic acids is 1. The quantitative estimate of drug-likeness (QED) is 0.707. The van der Waals surface area contributed by atoms with Gasteiger partial charge in [-0.15, -0.1) is 0 Å². The van der Waals surface area contributed by atoms with E-state index in [1.165, 1.54) is 5.56 Å². The molecule has 1 heterocycles. The maximum atomic E-state index is 11.1. The molecular formula is C16H23NO2. The van der Waals surface area contributed by atoms with Gasteiger partial charge < -0.3 is 9.64 Å². The molecule has 1 aromatic carbocycles. The van der Waals surface area contributed by atoms with Gasteiger partial charge in [0, 0.05) is 32.5 Å². The Morgan fingerprint density at radius 2 is 1.79 bits per heavy atom. The van der Waals surface area contributed by atoms with Crippen LogP contribution >= 0.6 is 0 Å². The van der Waals surface area contributed by atoms with Crippen molar-refractivity contribution >= 4 is 5.78 Å². The smallest absolute Gasteiger partial charge is 0.135 e. The zero-order valence-corrected chi connectivity index (χ0v) is 11.5. The molecule has 0 aromatic heterocycles. The van der Waals surface area contributed by atoms with Crippen molar-refractivity contribution < 1.29 is 9.53 Å². The van der Waals surface area contributed by atoms with Crippen molar-refractivity contribution in [1.82, 2.24) is 4.90 Å². The van der Waals surface area contributed by atoms with Gasteiger partial charge in [0.2, 0.25) is 0 Å². The predicted octanol–water partition coefficient (Wildman–Crippen LogP) is 2.65. The lowest BCUT2D eigenvalue weighted by Crippen LogP contribution is -2.34. The molecule has 0 spiro atoms. The molecule has 0 amide bonds. The van der Waals surface area contributed by atoms with Crippen LogP contribution in [0.3, 0.4) is 0 Å². The number of rotatable bonds is 7. The molecule has 1 fully saturated rings. The highest BCUT2D eigenvalue weighted by atomic mass is 16.5. The number of Topliss-reactive ketones (excluding diaryl/α,β-unsaturated/α-hetero) is 1. The zero-order valence-electron chi connectivity index (χ0n) is 11.5. The standard InChI is InChI=1S/C16H23NO2/c18-16-8-11-17(12-9-16)10-4-5-13-19-14-15-6-2-1-3-7-15/h1-3,6-7H,4-5,8-14H2. The van der Waals surface area contributed by atoms with E-state index in [9.17, 15) is 4.79 Å². The lowest BCUT2D eigenvalue weighted by molar-refractivity contribution is -0.121. The number of piperidine rings is 1. The van der Waals surface area contributed by atoms with Crippen LogP contribution in [0.5, 0.6) is 0 Å². The number of hydrogen-bond donors (Lipinski definition) is 0. The Bertz CT molecular complexity index is 368. The molecule has 0 N–H and O–H groups in total. The topological polar surface area (TPSA) is 29.5 Å². The summed E-state index contributed by atoms with van der Waals surface area (Å²) in [7, 11) is 0. The van der Waals surface area contributed by atoms with E-state index < -0.39 is 0 Å². The highest BCUT2D eigenvalue weighted by Crippen LogP contribution is 2.07. The fourth-order valence-electron chi connectivity index (χ4n) is 2.33. The average Bonchev–Trinajstić information content (AvgIpc) is 2.46. The van der Waals surface area contributed by atoms with Crippen LogP contribution in [-0.4, -0.2) is 36.9 Å². The maximum Gasteiger partial charge on any atom is 0.135 e. The molecule has 0 unspecified atom stereocenters. The van der Waals surface area contributed by atoms with Crippen LogP contribution in [0.2, 0.25) is 0 Å². The fraction of sp³-hybridized carbons (Fsp3) is 0.562. The maximum absolute atomic E-state index is 11.1. The van der Waals surface area contributed by atoms with Crippen LogP contribution in [-0.2, 0) is 16.1 Å². The molecule has 0 saturated carbocycles. The predicted molar refractivity (Wildman–Crippen MR) is 76.0 cm³/mol. The summed E-state index contributed by atoms with van der Waals surface area (Å²) >= 11 is 0. The summed E-state index contributed by atoms with van der Waals surface area (Å²) in [5.74, 6) is 0.419. The summed E-state index contributed by atoms with van der Waals surface area (Å²) in [4.78, 5) is 13.5. The molecular weight excluding hydrogens is 238 g/mol. The molecule has 19 heavy (non-hydrogen) atoms. The van der Waals surface area contributed by atoms with Crippen molar-refractivity contribution in [3.63, 3.8) is 0 Å². The average molecular weight is 261 g/mol. The highest BCUT2D eigenvalue weighted by Gasteiger charge is 2.14. The third kappa shape index (κ3) is 5.53. The normalized spacial score (nSPS) is 16.7. The minimum Gasteiger partial charge on any atom is -0.377 e. The second kappa shape index (κ2) is 8.08. The van der Waals surface area contributed by atoms with Crippen LogP contribution in [0, 0.1) is 0 Å². The van der Waals surface area contributed by atoms with Gasteiger partial charge in [0.25, 0.3) is 0 Å². The van der Waals surface area contributed by atoms with E-state index in [-0.39, 0.29) is 0 Å². The Hall–Kier alpha value is -1.19. The number of carbonyl (C=O) groups is 1. The number of benzene rings is 1. The summed E-state index contributed by atoms with van der Waals surface area (Å²) in [5, 5.41) is 0. The molecule has 104 valence electrons. The SMILES string of the molecule is O=C1CCN(CCCCOCc2ccccc2)CC1. The van der Waals surface area contributed by atoms with E-state index in [4.69, 9.17) is 4.74 Å². The number of likely N-dealkylation sites (tertiary alicyclic amines) is 1. The summed E-state index contributed by atoms with van der Waals surface area (Å²) in [6, 6.07) is 10.3. The Morgan fingerprint density at radius 3 is 2.53 bits per heavy atom. The van der Waals surface area contributed by atoms with Gasteiger partial charge in [-0.1, -0.05) is 30.3 Å². The van der Waals surface area contributed by atoms with Crippen molar-refractivity contribution in [2.75, 3.05) is 26.2 Å². The molecule has 0 atom stereocenters. The molecule has 1 saturated heterocycles. The number of hydrogen-bond acceptors (Lipinski definition) is 3. The Morgan fingerprint density at radius 1 is 1.05 bits per heavy atom. The van der Waals surface area contributed by atoms with E-state index >= 15 is 0 Å².